The van der Waals surface area contributed by atoms with E-state index in [1.54, 1.807) is 12.1 Å². The molecular weight excluding hydrogens is 337 g/mol. The third kappa shape index (κ3) is 3.83. The largest absolute Gasteiger partial charge is 0.442 e. The van der Waals surface area contributed by atoms with Gasteiger partial charge in [0.1, 0.15) is 11.9 Å². The summed E-state index contributed by atoms with van der Waals surface area (Å²) in [5.74, 6) is -0.635. The minimum Gasteiger partial charge on any atom is -0.442 e. The number of ether oxygens (including phenoxy) is 1. The van der Waals surface area contributed by atoms with Crippen molar-refractivity contribution in [1.29, 1.82) is 0 Å². The fourth-order valence-electron chi connectivity index (χ4n) is 2.87. The van der Waals surface area contributed by atoms with E-state index < -0.39 is 18.0 Å². The molecular formula is C19H20FN3O3. The topological polar surface area (TPSA) is 84.7 Å². The van der Waals surface area contributed by atoms with E-state index in [0.29, 0.717) is 17.8 Å². The third-order valence-corrected chi connectivity index (χ3v) is 4.19. The second-order valence-electron chi connectivity index (χ2n) is 6.12. The summed E-state index contributed by atoms with van der Waals surface area (Å²) in [5, 5.41) is 2.61. The van der Waals surface area contributed by atoms with Crippen molar-refractivity contribution < 1.29 is 18.7 Å². The highest BCUT2D eigenvalue weighted by Crippen LogP contribution is 2.29. The molecule has 2 aromatic carbocycles. The van der Waals surface area contributed by atoms with E-state index >= 15 is 0 Å². The molecule has 1 aliphatic heterocycles. The van der Waals surface area contributed by atoms with Crippen molar-refractivity contribution in [2.45, 2.75) is 19.6 Å². The minimum absolute atomic E-state index is 0.199. The van der Waals surface area contributed by atoms with E-state index in [-0.39, 0.29) is 19.0 Å². The van der Waals surface area contributed by atoms with E-state index in [4.69, 9.17) is 10.5 Å². The number of benzene rings is 2. The van der Waals surface area contributed by atoms with Crippen molar-refractivity contribution in [2.24, 2.45) is 5.73 Å². The highest BCUT2D eigenvalue weighted by molar-refractivity contribution is 5.90. The van der Waals surface area contributed by atoms with Gasteiger partial charge in [-0.3, -0.25) is 9.69 Å². The monoisotopic (exact) mass is 357 g/mol. The lowest BCUT2D eigenvalue weighted by molar-refractivity contribution is -0.119. The van der Waals surface area contributed by atoms with Crippen molar-refractivity contribution in [1.82, 2.24) is 5.32 Å². The Labute approximate surface area is 150 Å². The highest BCUT2D eigenvalue weighted by atomic mass is 19.1. The number of halogens is 1. The predicted octanol–water partition coefficient (Wildman–Crippen LogP) is 2.41. The van der Waals surface area contributed by atoms with Gasteiger partial charge in [-0.05, 0) is 35.4 Å². The minimum atomic E-state index is -0.558. The average molecular weight is 357 g/mol. The summed E-state index contributed by atoms with van der Waals surface area (Å²) in [6.45, 7) is 2.25. The Morgan fingerprint density at radius 1 is 1.35 bits per heavy atom. The standard InChI is InChI=1S/C19H20FN3O3/c1-12(24)22-10-16-11-23(19(25)26-16)15-5-6-17(18(20)8-15)14-4-2-3-13(7-14)9-21/h2-8,16H,9-11,21H2,1H3,(H,22,24)/t16-/m0/s1. The lowest BCUT2D eigenvalue weighted by Gasteiger charge is -2.15. The quantitative estimate of drug-likeness (QED) is 0.861. The average Bonchev–Trinajstić information content (AvgIpc) is 3.00. The number of carbonyl (C=O) groups excluding carboxylic acids is 2. The molecule has 0 aliphatic carbocycles. The lowest BCUT2D eigenvalue weighted by atomic mass is 10.0. The first-order valence-electron chi connectivity index (χ1n) is 8.29. The van der Waals surface area contributed by atoms with Crippen molar-refractivity contribution in [3.05, 3.63) is 53.8 Å². The molecule has 1 saturated heterocycles. The Balaban J connectivity index is 1.79. The lowest BCUT2D eigenvalue weighted by Crippen LogP contribution is -2.33. The summed E-state index contributed by atoms with van der Waals surface area (Å²) >= 11 is 0. The zero-order chi connectivity index (χ0) is 18.7. The third-order valence-electron chi connectivity index (χ3n) is 4.19. The summed E-state index contributed by atoms with van der Waals surface area (Å²) in [4.78, 5) is 24.4. The van der Waals surface area contributed by atoms with Crippen LogP contribution >= 0.6 is 0 Å². The number of carbonyl (C=O) groups is 2. The number of rotatable bonds is 5. The number of nitrogens with zero attached hydrogens (tertiary/aromatic N) is 1. The second kappa shape index (κ2) is 7.53. The Hall–Kier alpha value is -2.93. The molecule has 2 aromatic rings. The maximum atomic E-state index is 14.6. The molecule has 3 rings (SSSR count). The number of hydrogen-bond acceptors (Lipinski definition) is 4. The number of cyclic esters (lactones) is 1. The molecule has 7 heteroatoms. The van der Waals surface area contributed by atoms with Crippen molar-refractivity contribution in [3.63, 3.8) is 0 Å². The zero-order valence-corrected chi connectivity index (χ0v) is 14.4. The second-order valence-corrected chi connectivity index (χ2v) is 6.12. The van der Waals surface area contributed by atoms with Crippen LogP contribution in [0.4, 0.5) is 14.9 Å². The van der Waals surface area contributed by atoms with Crippen LogP contribution in [-0.2, 0) is 16.1 Å². The predicted molar refractivity (Wildman–Crippen MR) is 96.0 cm³/mol. The van der Waals surface area contributed by atoms with Gasteiger partial charge in [-0.25, -0.2) is 9.18 Å². The van der Waals surface area contributed by atoms with Gasteiger partial charge in [0, 0.05) is 19.0 Å². The molecule has 3 N–H and O–H groups in total. The Morgan fingerprint density at radius 2 is 2.15 bits per heavy atom. The van der Waals surface area contributed by atoms with E-state index in [0.717, 1.165) is 11.1 Å². The number of anilines is 1. The summed E-state index contributed by atoms with van der Waals surface area (Å²) < 4.78 is 19.8. The number of nitrogens with two attached hydrogens (primary N) is 1. The van der Waals surface area contributed by atoms with Gasteiger partial charge in [-0.1, -0.05) is 18.2 Å². The molecule has 2 amide bonds. The van der Waals surface area contributed by atoms with Gasteiger partial charge in [-0.2, -0.15) is 0 Å². The summed E-state index contributed by atoms with van der Waals surface area (Å²) in [5.41, 5.74) is 8.12. The molecule has 0 bridgehead atoms. The number of amides is 2. The molecule has 1 heterocycles. The maximum Gasteiger partial charge on any atom is 0.414 e. The maximum absolute atomic E-state index is 14.6. The summed E-state index contributed by atoms with van der Waals surface area (Å²) in [7, 11) is 0. The van der Waals surface area contributed by atoms with Crippen LogP contribution in [0.3, 0.4) is 0 Å². The van der Waals surface area contributed by atoms with Crippen molar-refractivity contribution in [2.75, 3.05) is 18.0 Å². The van der Waals surface area contributed by atoms with Crippen LogP contribution < -0.4 is 16.0 Å². The molecule has 6 nitrogen and oxygen atoms in total. The first kappa shape index (κ1) is 17.9. The van der Waals surface area contributed by atoms with E-state index in [1.807, 2.05) is 24.3 Å². The van der Waals surface area contributed by atoms with Crippen molar-refractivity contribution in [3.8, 4) is 11.1 Å². The molecule has 0 aromatic heterocycles. The van der Waals surface area contributed by atoms with Crippen LogP contribution in [0.2, 0.25) is 0 Å². The highest BCUT2D eigenvalue weighted by Gasteiger charge is 2.32. The van der Waals surface area contributed by atoms with Crippen LogP contribution in [0.5, 0.6) is 0 Å². The molecule has 0 unspecified atom stereocenters. The van der Waals surface area contributed by atoms with Gasteiger partial charge in [-0.15, -0.1) is 0 Å². The molecule has 26 heavy (non-hydrogen) atoms. The first-order chi connectivity index (χ1) is 12.5. The van der Waals surface area contributed by atoms with Crippen LogP contribution in [0.25, 0.3) is 11.1 Å². The van der Waals surface area contributed by atoms with Gasteiger partial charge in [0.2, 0.25) is 5.91 Å². The molecule has 136 valence electrons. The van der Waals surface area contributed by atoms with Gasteiger partial charge in [0.05, 0.1) is 18.8 Å². The first-order valence-corrected chi connectivity index (χ1v) is 8.29. The van der Waals surface area contributed by atoms with Gasteiger partial charge in [0.25, 0.3) is 0 Å². The molecule has 1 fully saturated rings. The molecule has 0 radical (unpaired) electrons. The SMILES string of the molecule is CC(=O)NC[C@H]1CN(c2ccc(-c3cccc(CN)c3)c(F)c2)C(=O)O1. The van der Waals surface area contributed by atoms with Crippen LogP contribution in [0.1, 0.15) is 12.5 Å². The Morgan fingerprint density at radius 3 is 2.85 bits per heavy atom. The van der Waals surface area contributed by atoms with Crippen molar-refractivity contribution >= 4 is 17.7 Å². The molecule has 0 saturated carbocycles. The number of hydrogen-bond donors (Lipinski definition) is 2. The van der Waals surface area contributed by atoms with E-state index in [9.17, 15) is 14.0 Å². The Kier molecular flexibility index (Phi) is 5.18. The zero-order valence-electron chi connectivity index (χ0n) is 14.4. The fourth-order valence-corrected chi connectivity index (χ4v) is 2.87. The number of nitrogens with one attached hydrogen (secondary N) is 1. The molecule has 1 atom stereocenters. The van der Waals surface area contributed by atoms with Crippen LogP contribution in [-0.4, -0.2) is 31.2 Å². The van der Waals surface area contributed by atoms with Gasteiger partial charge in [0.15, 0.2) is 0 Å². The van der Waals surface area contributed by atoms with Gasteiger partial charge >= 0.3 is 6.09 Å². The smallest absolute Gasteiger partial charge is 0.414 e. The fraction of sp³-hybridized carbons (Fsp3) is 0.263. The molecule has 0 spiro atoms. The van der Waals surface area contributed by atoms with Crippen LogP contribution in [0, 0.1) is 5.82 Å². The molecule has 1 aliphatic rings. The van der Waals surface area contributed by atoms with E-state index in [1.165, 1.54) is 17.9 Å². The summed E-state index contributed by atoms with van der Waals surface area (Å²) in [6, 6.07) is 12.0. The van der Waals surface area contributed by atoms with E-state index in [2.05, 4.69) is 5.32 Å². The van der Waals surface area contributed by atoms with Crippen LogP contribution in [0.15, 0.2) is 42.5 Å². The van der Waals surface area contributed by atoms with Gasteiger partial charge < -0.3 is 15.8 Å². The Bertz CT molecular complexity index is 841. The normalized spacial score (nSPS) is 16.5. The summed E-state index contributed by atoms with van der Waals surface area (Å²) in [6.07, 6.45) is -1.02.